The van der Waals surface area contributed by atoms with Crippen molar-refractivity contribution >= 4 is 16.3 Å². The van der Waals surface area contributed by atoms with Crippen LogP contribution in [0.3, 0.4) is 0 Å². The van der Waals surface area contributed by atoms with Crippen molar-refractivity contribution in [2.24, 2.45) is 0 Å². The highest BCUT2D eigenvalue weighted by molar-refractivity contribution is 7.16. The second-order valence-electron chi connectivity index (χ2n) is 4.69. The van der Waals surface area contributed by atoms with Crippen LogP contribution < -0.4 is 5.32 Å². The van der Waals surface area contributed by atoms with Gasteiger partial charge in [0.1, 0.15) is 5.01 Å². The van der Waals surface area contributed by atoms with Gasteiger partial charge in [-0.1, -0.05) is 18.3 Å². The number of nitrogens with zero attached hydrogens (tertiary/aromatic N) is 4. The van der Waals surface area contributed by atoms with Crippen molar-refractivity contribution in [1.82, 2.24) is 25.1 Å². The minimum atomic E-state index is 0.163. The largest absolute Gasteiger partial charge is 0.316 e. The van der Waals surface area contributed by atoms with E-state index < -0.39 is 0 Å². The molecule has 16 heavy (non-hydrogen) atoms. The molecular weight excluding hydrogens is 222 g/mol. The minimum Gasteiger partial charge on any atom is -0.316 e. The van der Waals surface area contributed by atoms with Crippen LogP contribution in [0.2, 0.25) is 0 Å². The van der Waals surface area contributed by atoms with E-state index >= 15 is 0 Å². The lowest BCUT2D eigenvalue weighted by atomic mass is 9.83. The zero-order valence-corrected chi connectivity index (χ0v) is 10.3. The van der Waals surface area contributed by atoms with Crippen molar-refractivity contribution in [3.8, 4) is 0 Å². The second kappa shape index (κ2) is 3.49. The quantitative estimate of drug-likeness (QED) is 0.808. The van der Waals surface area contributed by atoms with Crippen LogP contribution >= 0.6 is 11.3 Å². The summed E-state index contributed by atoms with van der Waals surface area (Å²) >= 11 is 1.66. The molecule has 0 radical (unpaired) electrons. The number of fused-ring (bicyclic) bond motifs is 1. The average molecular weight is 237 g/mol. The average Bonchev–Trinajstić information content (AvgIpc) is 2.83. The molecule has 1 atom stereocenters. The molecule has 5 nitrogen and oxygen atoms in total. The van der Waals surface area contributed by atoms with Crippen molar-refractivity contribution in [3.05, 3.63) is 10.8 Å². The third-order valence-corrected chi connectivity index (χ3v) is 4.47. The Morgan fingerprint density at radius 1 is 1.44 bits per heavy atom. The smallest absolute Gasteiger partial charge is 0.234 e. The zero-order chi connectivity index (χ0) is 11.2. The summed E-state index contributed by atoms with van der Waals surface area (Å²) in [5.74, 6) is 0.866. The number of aryl methyl sites for hydroxylation is 1. The fourth-order valence-electron chi connectivity index (χ4n) is 2.20. The molecule has 1 unspecified atom stereocenters. The molecule has 1 aliphatic rings. The van der Waals surface area contributed by atoms with Crippen LogP contribution in [0, 0.1) is 6.92 Å². The Labute approximate surface area is 97.9 Å². The third kappa shape index (κ3) is 1.44. The minimum absolute atomic E-state index is 0.163. The number of rotatable bonds is 1. The first-order valence-corrected chi connectivity index (χ1v) is 6.41. The van der Waals surface area contributed by atoms with Crippen LogP contribution in [0.25, 0.3) is 4.96 Å². The molecule has 2 aromatic rings. The van der Waals surface area contributed by atoms with Gasteiger partial charge in [-0.2, -0.15) is 9.61 Å². The number of aromatic nitrogens is 4. The standard InChI is InChI=1S/C10H15N5S/c1-7-12-13-9-15(7)14-8(16-9)10(2)4-3-5-11-6-10/h11H,3-6H2,1-2H3. The monoisotopic (exact) mass is 237 g/mol. The fraction of sp³-hybridized carbons (Fsp3) is 0.700. The predicted octanol–water partition coefficient (Wildman–Crippen LogP) is 1.14. The first kappa shape index (κ1) is 10.2. The highest BCUT2D eigenvalue weighted by atomic mass is 32.1. The molecule has 86 valence electrons. The zero-order valence-electron chi connectivity index (χ0n) is 9.53. The highest BCUT2D eigenvalue weighted by Gasteiger charge is 2.32. The molecule has 2 aromatic heterocycles. The molecule has 0 saturated carbocycles. The van der Waals surface area contributed by atoms with Crippen LogP contribution in [-0.2, 0) is 5.41 Å². The summed E-state index contributed by atoms with van der Waals surface area (Å²) < 4.78 is 1.85. The Morgan fingerprint density at radius 3 is 3.00 bits per heavy atom. The lowest BCUT2D eigenvalue weighted by Gasteiger charge is -2.31. The van der Waals surface area contributed by atoms with E-state index in [1.165, 1.54) is 17.8 Å². The van der Waals surface area contributed by atoms with E-state index in [1.807, 2.05) is 11.4 Å². The number of hydrogen-bond acceptors (Lipinski definition) is 5. The number of nitrogens with one attached hydrogen (secondary N) is 1. The van der Waals surface area contributed by atoms with Gasteiger partial charge in [0.05, 0.1) is 0 Å². The molecule has 0 spiro atoms. The molecule has 1 aliphatic heterocycles. The van der Waals surface area contributed by atoms with E-state index in [-0.39, 0.29) is 5.41 Å². The molecule has 0 bridgehead atoms. The Kier molecular flexibility index (Phi) is 2.22. The second-order valence-corrected chi connectivity index (χ2v) is 5.65. The summed E-state index contributed by atoms with van der Waals surface area (Å²) in [5, 5.41) is 17.4. The van der Waals surface area contributed by atoms with E-state index in [0.29, 0.717) is 0 Å². The number of piperidine rings is 1. The van der Waals surface area contributed by atoms with Gasteiger partial charge in [0.2, 0.25) is 4.96 Å². The van der Waals surface area contributed by atoms with E-state index in [2.05, 4.69) is 27.5 Å². The molecule has 1 N–H and O–H groups in total. The molecular formula is C10H15N5S. The van der Waals surface area contributed by atoms with Crippen molar-refractivity contribution in [3.63, 3.8) is 0 Å². The van der Waals surface area contributed by atoms with Gasteiger partial charge in [-0.15, -0.1) is 10.2 Å². The Morgan fingerprint density at radius 2 is 2.31 bits per heavy atom. The third-order valence-electron chi connectivity index (χ3n) is 3.26. The summed E-state index contributed by atoms with van der Waals surface area (Å²) in [4.78, 5) is 0.902. The van der Waals surface area contributed by atoms with E-state index in [0.717, 1.165) is 23.9 Å². The fourth-order valence-corrected chi connectivity index (χ4v) is 3.25. The highest BCUT2D eigenvalue weighted by Crippen LogP contribution is 2.33. The summed E-state index contributed by atoms with van der Waals surface area (Å²) in [5.41, 5.74) is 0.163. The maximum atomic E-state index is 4.64. The summed E-state index contributed by atoms with van der Waals surface area (Å²) in [6, 6.07) is 0. The van der Waals surface area contributed by atoms with Gasteiger partial charge in [-0.05, 0) is 26.3 Å². The van der Waals surface area contributed by atoms with Crippen LogP contribution in [0.5, 0.6) is 0 Å². The molecule has 0 aromatic carbocycles. The molecule has 0 aliphatic carbocycles. The molecule has 6 heteroatoms. The molecule has 1 saturated heterocycles. The van der Waals surface area contributed by atoms with Gasteiger partial charge in [-0.25, -0.2) is 0 Å². The lowest BCUT2D eigenvalue weighted by molar-refractivity contribution is 0.336. The molecule has 0 amide bonds. The maximum absolute atomic E-state index is 4.64. The van der Waals surface area contributed by atoms with Crippen LogP contribution in [0.4, 0.5) is 0 Å². The van der Waals surface area contributed by atoms with Crippen LogP contribution in [-0.4, -0.2) is 32.9 Å². The van der Waals surface area contributed by atoms with Crippen molar-refractivity contribution in [2.75, 3.05) is 13.1 Å². The normalized spacial score (nSPS) is 26.4. The Hall–Kier alpha value is -1.01. The van der Waals surface area contributed by atoms with Gasteiger partial charge >= 0.3 is 0 Å². The van der Waals surface area contributed by atoms with Gasteiger partial charge in [0.15, 0.2) is 5.82 Å². The van der Waals surface area contributed by atoms with E-state index in [1.54, 1.807) is 11.3 Å². The van der Waals surface area contributed by atoms with Crippen molar-refractivity contribution < 1.29 is 0 Å². The number of hydrogen-bond donors (Lipinski definition) is 1. The topological polar surface area (TPSA) is 55.1 Å². The van der Waals surface area contributed by atoms with Gasteiger partial charge in [0, 0.05) is 12.0 Å². The van der Waals surface area contributed by atoms with Crippen LogP contribution in [0.15, 0.2) is 0 Å². The van der Waals surface area contributed by atoms with Crippen LogP contribution in [0.1, 0.15) is 30.6 Å². The first-order valence-electron chi connectivity index (χ1n) is 5.59. The van der Waals surface area contributed by atoms with Crippen molar-refractivity contribution in [2.45, 2.75) is 32.1 Å². The first-order chi connectivity index (χ1) is 7.69. The maximum Gasteiger partial charge on any atom is 0.234 e. The Balaban J connectivity index is 2.04. The molecule has 1 fully saturated rings. The van der Waals surface area contributed by atoms with E-state index in [4.69, 9.17) is 0 Å². The molecule has 3 heterocycles. The van der Waals surface area contributed by atoms with E-state index in [9.17, 15) is 0 Å². The van der Waals surface area contributed by atoms with Gasteiger partial charge < -0.3 is 5.32 Å². The predicted molar refractivity (Wildman–Crippen MR) is 62.9 cm³/mol. The Bertz CT molecular complexity index is 508. The summed E-state index contributed by atoms with van der Waals surface area (Å²) in [7, 11) is 0. The molecule has 3 rings (SSSR count). The van der Waals surface area contributed by atoms with Crippen molar-refractivity contribution in [1.29, 1.82) is 0 Å². The lowest BCUT2D eigenvalue weighted by Crippen LogP contribution is -2.41. The summed E-state index contributed by atoms with van der Waals surface area (Å²) in [6.07, 6.45) is 2.42. The van der Waals surface area contributed by atoms with Gasteiger partial charge in [0.25, 0.3) is 0 Å². The van der Waals surface area contributed by atoms with Gasteiger partial charge in [-0.3, -0.25) is 0 Å². The SMILES string of the molecule is Cc1nnc2sc(C3(C)CCCNC3)nn12. The summed E-state index contributed by atoms with van der Waals surface area (Å²) in [6.45, 7) is 6.35.